The first-order valence-corrected chi connectivity index (χ1v) is 7.56. The number of imidazole rings is 1. The first-order valence-electron chi connectivity index (χ1n) is 7.56. The van der Waals surface area contributed by atoms with Crippen LogP contribution in [0.5, 0.6) is 0 Å². The van der Waals surface area contributed by atoms with Crippen molar-refractivity contribution in [3.8, 4) is 0 Å². The summed E-state index contributed by atoms with van der Waals surface area (Å²) in [5.41, 5.74) is 8.81. The number of nitrogens with zero attached hydrogens (tertiary/aromatic N) is 2. The van der Waals surface area contributed by atoms with E-state index in [4.69, 9.17) is 10.7 Å². The minimum absolute atomic E-state index is 0.398. The summed E-state index contributed by atoms with van der Waals surface area (Å²) in [4.78, 5) is 4.87. The Labute approximate surface area is 120 Å². The van der Waals surface area contributed by atoms with Gasteiger partial charge in [-0.25, -0.2) is 4.98 Å². The number of nitrogens with two attached hydrogens (primary N) is 1. The van der Waals surface area contributed by atoms with Crippen LogP contribution in [0.25, 0.3) is 0 Å². The zero-order valence-corrected chi connectivity index (χ0v) is 12.3. The molecule has 20 heavy (non-hydrogen) atoms. The molecule has 1 aromatic heterocycles. The highest BCUT2D eigenvalue weighted by atomic mass is 15.1. The van der Waals surface area contributed by atoms with Crippen molar-refractivity contribution < 1.29 is 0 Å². The second-order valence-electron chi connectivity index (χ2n) is 6.09. The maximum Gasteiger partial charge on any atom is 0.127 e. The van der Waals surface area contributed by atoms with Gasteiger partial charge in [0.2, 0.25) is 0 Å². The molecule has 1 fully saturated rings. The fourth-order valence-electron chi connectivity index (χ4n) is 2.86. The van der Waals surface area contributed by atoms with Gasteiger partial charge in [0.1, 0.15) is 11.6 Å². The summed E-state index contributed by atoms with van der Waals surface area (Å²) < 4.78 is 2.20. The highest BCUT2D eigenvalue weighted by Gasteiger charge is 2.27. The van der Waals surface area contributed by atoms with Crippen molar-refractivity contribution in [1.82, 2.24) is 9.55 Å². The summed E-state index contributed by atoms with van der Waals surface area (Å²) in [6, 6.07) is 10.5. The van der Waals surface area contributed by atoms with Gasteiger partial charge in [-0.1, -0.05) is 50.6 Å². The van der Waals surface area contributed by atoms with Gasteiger partial charge in [0.15, 0.2) is 0 Å². The molecule has 1 aliphatic carbocycles. The molecule has 0 unspecified atom stereocenters. The molecule has 3 nitrogen and oxygen atoms in total. The topological polar surface area (TPSA) is 43.8 Å². The van der Waals surface area contributed by atoms with Crippen LogP contribution in [0, 0.1) is 0 Å². The molecule has 0 bridgehead atoms. The highest BCUT2D eigenvalue weighted by Crippen LogP contribution is 2.39. The van der Waals surface area contributed by atoms with Gasteiger partial charge in [0, 0.05) is 11.8 Å². The SMILES string of the molecule is CC(C)c1nc(C2CCC2)c(N)n1Cc1ccccc1. The van der Waals surface area contributed by atoms with Crippen molar-refractivity contribution in [1.29, 1.82) is 0 Å². The average Bonchev–Trinajstić information content (AvgIpc) is 2.68. The average molecular weight is 269 g/mol. The highest BCUT2D eigenvalue weighted by molar-refractivity contribution is 5.43. The van der Waals surface area contributed by atoms with E-state index >= 15 is 0 Å². The summed E-state index contributed by atoms with van der Waals surface area (Å²) in [5, 5.41) is 0. The van der Waals surface area contributed by atoms with Crippen molar-refractivity contribution >= 4 is 5.82 Å². The third-order valence-corrected chi connectivity index (χ3v) is 4.26. The van der Waals surface area contributed by atoms with Crippen molar-refractivity contribution in [2.45, 2.75) is 51.5 Å². The number of rotatable bonds is 4. The zero-order valence-electron chi connectivity index (χ0n) is 12.3. The van der Waals surface area contributed by atoms with E-state index in [0.717, 1.165) is 23.9 Å². The van der Waals surface area contributed by atoms with Crippen LogP contribution >= 0.6 is 0 Å². The zero-order chi connectivity index (χ0) is 14.1. The lowest BCUT2D eigenvalue weighted by Crippen LogP contribution is -2.13. The molecule has 0 saturated heterocycles. The van der Waals surface area contributed by atoms with E-state index in [1.165, 1.54) is 24.8 Å². The molecule has 1 saturated carbocycles. The minimum atomic E-state index is 0.398. The summed E-state index contributed by atoms with van der Waals surface area (Å²) in [5.74, 6) is 2.98. The third kappa shape index (κ3) is 2.33. The summed E-state index contributed by atoms with van der Waals surface area (Å²) in [6.45, 7) is 5.20. The van der Waals surface area contributed by atoms with E-state index in [9.17, 15) is 0 Å². The predicted octanol–water partition coefficient (Wildman–Crippen LogP) is 3.90. The largest absolute Gasteiger partial charge is 0.384 e. The van der Waals surface area contributed by atoms with Crippen LogP contribution in [0.4, 0.5) is 5.82 Å². The first-order chi connectivity index (χ1) is 9.66. The number of benzene rings is 1. The Balaban J connectivity index is 1.97. The van der Waals surface area contributed by atoms with Gasteiger partial charge in [0.25, 0.3) is 0 Å². The Hall–Kier alpha value is -1.77. The smallest absolute Gasteiger partial charge is 0.127 e. The quantitative estimate of drug-likeness (QED) is 0.914. The Bertz CT molecular complexity index is 580. The van der Waals surface area contributed by atoms with E-state index in [2.05, 4.69) is 42.7 Å². The van der Waals surface area contributed by atoms with Gasteiger partial charge in [-0.3, -0.25) is 0 Å². The van der Waals surface area contributed by atoms with E-state index in [-0.39, 0.29) is 0 Å². The van der Waals surface area contributed by atoms with Gasteiger partial charge < -0.3 is 10.3 Å². The molecule has 1 aliphatic rings. The second kappa shape index (κ2) is 5.31. The van der Waals surface area contributed by atoms with E-state index in [1.54, 1.807) is 0 Å². The van der Waals surface area contributed by atoms with Gasteiger partial charge >= 0.3 is 0 Å². The van der Waals surface area contributed by atoms with Crippen LogP contribution in [0.1, 0.15) is 62.0 Å². The lowest BCUT2D eigenvalue weighted by atomic mass is 9.83. The third-order valence-electron chi connectivity index (χ3n) is 4.26. The molecule has 2 N–H and O–H groups in total. The second-order valence-corrected chi connectivity index (χ2v) is 6.09. The molecule has 0 atom stereocenters. The fourth-order valence-corrected chi connectivity index (χ4v) is 2.86. The van der Waals surface area contributed by atoms with Crippen LogP contribution in [0.3, 0.4) is 0 Å². The van der Waals surface area contributed by atoms with Crippen molar-refractivity contribution in [3.05, 3.63) is 47.4 Å². The summed E-state index contributed by atoms with van der Waals surface area (Å²) >= 11 is 0. The van der Waals surface area contributed by atoms with Gasteiger partial charge in [-0.15, -0.1) is 0 Å². The molecule has 3 rings (SSSR count). The van der Waals surface area contributed by atoms with Crippen LogP contribution in [-0.4, -0.2) is 9.55 Å². The molecule has 1 heterocycles. The van der Waals surface area contributed by atoms with E-state index in [0.29, 0.717) is 11.8 Å². The number of nitrogen functional groups attached to an aromatic ring is 1. The number of aromatic nitrogens is 2. The lowest BCUT2D eigenvalue weighted by molar-refractivity contribution is 0.413. The van der Waals surface area contributed by atoms with Gasteiger partial charge in [-0.2, -0.15) is 0 Å². The molecule has 106 valence electrons. The van der Waals surface area contributed by atoms with Crippen molar-refractivity contribution in [3.63, 3.8) is 0 Å². The molecular formula is C17H23N3. The molecule has 2 aromatic rings. The van der Waals surface area contributed by atoms with Crippen molar-refractivity contribution in [2.75, 3.05) is 5.73 Å². The van der Waals surface area contributed by atoms with Crippen LogP contribution in [0.15, 0.2) is 30.3 Å². The molecule has 0 spiro atoms. The van der Waals surface area contributed by atoms with E-state index in [1.807, 2.05) is 6.07 Å². The number of hydrogen-bond acceptors (Lipinski definition) is 2. The molecular weight excluding hydrogens is 246 g/mol. The monoisotopic (exact) mass is 269 g/mol. The van der Waals surface area contributed by atoms with Gasteiger partial charge in [0.05, 0.1) is 12.2 Å². The molecule has 0 amide bonds. The van der Waals surface area contributed by atoms with Crippen LogP contribution in [0.2, 0.25) is 0 Å². The first kappa shape index (κ1) is 13.2. The molecule has 1 aromatic carbocycles. The maximum absolute atomic E-state index is 6.40. The minimum Gasteiger partial charge on any atom is -0.384 e. The van der Waals surface area contributed by atoms with Crippen LogP contribution in [-0.2, 0) is 6.54 Å². The number of anilines is 1. The summed E-state index contributed by atoms with van der Waals surface area (Å²) in [6.07, 6.45) is 3.79. The van der Waals surface area contributed by atoms with E-state index < -0.39 is 0 Å². The van der Waals surface area contributed by atoms with Gasteiger partial charge in [-0.05, 0) is 18.4 Å². The Morgan fingerprint density at radius 3 is 2.50 bits per heavy atom. The normalized spacial score (nSPS) is 15.6. The molecule has 0 aliphatic heterocycles. The lowest BCUT2D eigenvalue weighted by Gasteiger charge is -2.24. The molecule has 3 heteroatoms. The Morgan fingerprint density at radius 1 is 1.25 bits per heavy atom. The van der Waals surface area contributed by atoms with Crippen molar-refractivity contribution in [2.24, 2.45) is 0 Å². The maximum atomic E-state index is 6.40. The standard InChI is InChI=1S/C17H23N3/c1-12(2)17-19-15(14-9-6-10-14)16(18)20(17)11-13-7-4-3-5-8-13/h3-5,7-8,12,14H,6,9-11,18H2,1-2H3. The Morgan fingerprint density at radius 2 is 1.95 bits per heavy atom. The molecule has 0 radical (unpaired) electrons. The van der Waals surface area contributed by atoms with Crippen LogP contribution < -0.4 is 5.73 Å². The predicted molar refractivity (Wildman–Crippen MR) is 82.9 cm³/mol. The fraction of sp³-hybridized carbons (Fsp3) is 0.471. The number of hydrogen-bond donors (Lipinski definition) is 1. The Kier molecular flexibility index (Phi) is 3.51. The summed E-state index contributed by atoms with van der Waals surface area (Å²) in [7, 11) is 0.